The number of hydrogen-bond donors (Lipinski definition) is 3. The summed E-state index contributed by atoms with van der Waals surface area (Å²) in [5, 5.41) is 8.45. The quantitative estimate of drug-likeness (QED) is 0.318. The summed E-state index contributed by atoms with van der Waals surface area (Å²) < 4.78 is 0. The molecule has 0 aliphatic rings. The summed E-state index contributed by atoms with van der Waals surface area (Å²) in [6, 6.07) is 0. The van der Waals surface area contributed by atoms with Crippen LogP contribution < -0.4 is 11.5 Å². The minimum absolute atomic E-state index is 0.251. The Morgan fingerprint density at radius 1 is 1.55 bits per heavy atom. The first kappa shape index (κ1) is 10.7. The Morgan fingerprint density at radius 3 is 2.45 bits per heavy atom. The van der Waals surface area contributed by atoms with Crippen LogP contribution in [0.3, 0.4) is 0 Å². The molecule has 0 fully saturated rings. The predicted molar refractivity (Wildman–Crippen MR) is 43.3 cm³/mol. The van der Waals surface area contributed by atoms with Crippen molar-refractivity contribution in [1.29, 1.82) is 0 Å². The highest BCUT2D eigenvalue weighted by molar-refractivity contribution is 6.33. The van der Waals surface area contributed by atoms with E-state index in [-0.39, 0.29) is 6.42 Å². The Balaban J connectivity index is 3.64. The minimum Gasteiger partial charge on any atom is -0.479 e. The SMILES string of the molecule is NCCCCC(N)(Cl)C(=O)O. The lowest BCUT2D eigenvalue weighted by Crippen LogP contribution is -2.42. The fourth-order valence-electron chi connectivity index (χ4n) is 0.634. The summed E-state index contributed by atoms with van der Waals surface area (Å²) in [7, 11) is 0. The smallest absolute Gasteiger partial charge is 0.339 e. The van der Waals surface area contributed by atoms with E-state index in [9.17, 15) is 4.79 Å². The van der Waals surface area contributed by atoms with E-state index < -0.39 is 11.0 Å². The molecule has 0 heterocycles. The molecular formula is C6H13ClN2O2. The van der Waals surface area contributed by atoms with Gasteiger partial charge in [-0.05, 0) is 25.8 Å². The van der Waals surface area contributed by atoms with Gasteiger partial charge in [0.05, 0.1) is 0 Å². The van der Waals surface area contributed by atoms with E-state index >= 15 is 0 Å². The minimum atomic E-state index is -1.62. The first-order valence-electron chi connectivity index (χ1n) is 3.42. The number of carboxylic acids is 1. The van der Waals surface area contributed by atoms with Gasteiger partial charge in [0.2, 0.25) is 0 Å². The second-order valence-electron chi connectivity index (χ2n) is 2.41. The molecule has 0 bridgehead atoms. The zero-order chi connectivity index (χ0) is 8.91. The van der Waals surface area contributed by atoms with Gasteiger partial charge in [0.25, 0.3) is 0 Å². The van der Waals surface area contributed by atoms with Crippen LogP contribution in [-0.4, -0.2) is 22.6 Å². The molecule has 0 radical (unpaired) electrons. The van der Waals surface area contributed by atoms with Gasteiger partial charge in [-0.3, -0.25) is 0 Å². The lowest BCUT2D eigenvalue weighted by atomic mass is 10.1. The molecule has 4 nitrogen and oxygen atoms in total. The maximum Gasteiger partial charge on any atom is 0.339 e. The van der Waals surface area contributed by atoms with Gasteiger partial charge in [-0.15, -0.1) is 0 Å². The van der Waals surface area contributed by atoms with Crippen LogP contribution in [0.25, 0.3) is 0 Å². The second kappa shape index (κ2) is 4.54. The zero-order valence-corrected chi connectivity index (χ0v) is 6.97. The van der Waals surface area contributed by atoms with Crippen LogP contribution in [0.2, 0.25) is 0 Å². The van der Waals surface area contributed by atoms with Crippen molar-refractivity contribution in [3.05, 3.63) is 0 Å². The number of unbranched alkanes of at least 4 members (excludes halogenated alkanes) is 1. The van der Waals surface area contributed by atoms with Gasteiger partial charge < -0.3 is 16.6 Å². The van der Waals surface area contributed by atoms with Crippen molar-refractivity contribution >= 4 is 17.6 Å². The molecule has 0 aromatic rings. The molecule has 11 heavy (non-hydrogen) atoms. The Bertz CT molecular complexity index is 139. The van der Waals surface area contributed by atoms with Crippen LogP contribution >= 0.6 is 11.6 Å². The Kier molecular flexibility index (Phi) is 4.40. The highest BCUT2D eigenvalue weighted by Gasteiger charge is 2.29. The van der Waals surface area contributed by atoms with Crippen LogP contribution in [0.1, 0.15) is 19.3 Å². The lowest BCUT2D eigenvalue weighted by Gasteiger charge is -2.15. The van der Waals surface area contributed by atoms with Crippen molar-refractivity contribution in [2.24, 2.45) is 11.5 Å². The van der Waals surface area contributed by atoms with Crippen LogP contribution in [0.4, 0.5) is 0 Å². The molecule has 5 heteroatoms. The Morgan fingerprint density at radius 2 is 2.09 bits per heavy atom. The molecule has 0 saturated heterocycles. The third kappa shape index (κ3) is 4.19. The van der Waals surface area contributed by atoms with E-state index in [0.29, 0.717) is 13.0 Å². The zero-order valence-electron chi connectivity index (χ0n) is 6.22. The van der Waals surface area contributed by atoms with Crippen molar-refractivity contribution < 1.29 is 9.90 Å². The third-order valence-corrected chi connectivity index (χ3v) is 1.70. The van der Waals surface area contributed by atoms with E-state index in [1.807, 2.05) is 0 Å². The summed E-state index contributed by atoms with van der Waals surface area (Å²) in [5.41, 5.74) is 10.4. The number of carbonyl (C=O) groups is 1. The van der Waals surface area contributed by atoms with E-state index in [1.54, 1.807) is 0 Å². The lowest BCUT2D eigenvalue weighted by molar-refractivity contribution is -0.140. The summed E-state index contributed by atoms with van der Waals surface area (Å²) in [6.07, 6.45) is 1.64. The molecular weight excluding hydrogens is 168 g/mol. The number of hydrogen-bond acceptors (Lipinski definition) is 3. The summed E-state index contributed by atoms with van der Waals surface area (Å²) in [5.74, 6) is -1.18. The van der Waals surface area contributed by atoms with E-state index in [2.05, 4.69) is 0 Å². The van der Waals surface area contributed by atoms with Crippen molar-refractivity contribution in [1.82, 2.24) is 0 Å². The standard InChI is InChI=1S/C6H13ClN2O2/c7-6(9,5(10)11)3-1-2-4-8/h1-4,8-9H2,(H,10,11). The number of rotatable bonds is 5. The number of carboxylic acid groups (broad SMARTS) is 1. The molecule has 1 unspecified atom stereocenters. The number of nitrogens with two attached hydrogens (primary N) is 2. The average molecular weight is 181 g/mol. The molecule has 0 saturated carbocycles. The first-order chi connectivity index (χ1) is 5.00. The van der Waals surface area contributed by atoms with E-state index in [4.69, 9.17) is 28.2 Å². The van der Waals surface area contributed by atoms with Crippen LogP contribution in [-0.2, 0) is 4.79 Å². The topological polar surface area (TPSA) is 89.3 Å². The fraction of sp³-hybridized carbons (Fsp3) is 0.833. The molecule has 0 aromatic carbocycles. The van der Waals surface area contributed by atoms with Crippen LogP contribution in [0.5, 0.6) is 0 Å². The average Bonchev–Trinajstić information content (AvgIpc) is 1.88. The molecule has 0 aliphatic carbocycles. The van der Waals surface area contributed by atoms with Crippen molar-refractivity contribution in [3.8, 4) is 0 Å². The summed E-state index contributed by atoms with van der Waals surface area (Å²) in [6.45, 7) is 0.534. The molecule has 66 valence electrons. The Labute approximate surface area is 70.5 Å². The van der Waals surface area contributed by atoms with E-state index in [1.165, 1.54) is 0 Å². The van der Waals surface area contributed by atoms with Gasteiger partial charge >= 0.3 is 5.97 Å². The number of halogens is 1. The monoisotopic (exact) mass is 180 g/mol. The van der Waals surface area contributed by atoms with Crippen molar-refractivity contribution in [3.63, 3.8) is 0 Å². The second-order valence-corrected chi connectivity index (χ2v) is 3.09. The molecule has 0 aromatic heterocycles. The highest BCUT2D eigenvalue weighted by atomic mass is 35.5. The van der Waals surface area contributed by atoms with Gasteiger partial charge in [0.15, 0.2) is 5.00 Å². The van der Waals surface area contributed by atoms with Gasteiger partial charge in [-0.2, -0.15) is 0 Å². The molecule has 0 rings (SSSR count). The van der Waals surface area contributed by atoms with Gasteiger partial charge in [0, 0.05) is 0 Å². The highest BCUT2D eigenvalue weighted by Crippen LogP contribution is 2.15. The predicted octanol–water partition coefficient (Wildman–Crippen LogP) is 0.0938. The van der Waals surface area contributed by atoms with E-state index in [0.717, 1.165) is 6.42 Å². The summed E-state index contributed by atoms with van der Waals surface area (Å²) >= 11 is 5.44. The van der Waals surface area contributed by atoms with Crippen molar-refractivity contribution in [2.45, 2.75) is 24.3 Å². The fourth-order valence-corrected chi connectivity index (χ4v) is 0.767. The molecule has 0 aliphatic heterocycles. The molecule has 1 atom stereocenters. The maximum absolute atomic E-state index is 10.3. The Hall–Kier alpha value is -0.320. The van der Waals surface area contributed by atoms with Crippen LogP contribution in [0, 0.1) is 0 Å². The number of alkyl halides is 1. The maximum atomic E-state index is 10.3. The molecule has 0 amide bonds. The summed E-state index contributed by atoms with van der Waals surface area (Å²) in [4.78, 5) is 8.71. The normalized spacial score (nSPS) is 15.9. The van der Waals surface area contributed by atoms with Crippen LogP contribution in [0.15, 0.2) is 0 Å². The van der Waals surface area contributed by atoms with Gasteiger partial charge in [0.1, 0.15) is 0 Å². The first-order valence-corrected chi connectivity index (χ1v) is 3.80. The largest absolute Gasteiger partial charge is 0.479 e. The van der Waals surface area contributed by atoms with Gasteiger partial charge in [-0.25, -0.2) is 4.79 Å². The number of aliphatic carboxylic acids is 1. The molecule has 0 spiro atoms. The third-order valence-electron chi connectivity index (χ3n) is 1.35. The van der Waals surface area contributed by atoms with Gasteiger partial charge in [-0.1, -0.05) is 11.6 Å². The van der Waals surface area contributed by atoms with Crippen molar-refractivity contribution in [2.75, 3.05) is 6.54 Å². The molecule has 5 N–H and O–H groups in total.